The molecule has 5 nitrogen and oxygen atoms in total. The van der Waals surface area contributed by atoms with E-state index in [1.165, 1.54) is 6.07 Å². The van der Waals surface area contributed by atoms with E-state index in [4.69, 9.17) is 45.3 Å². The maximum absolute atomic E-state index is 10.8. The standard InChI is InChI=1S/C12H7Cl3N2O3/c13-6-2-1-3-10(12(6)15)20-11-5-9(17(18)19)8(16)4-7(11)14/h1-5H,16H2. The monoisotopic (exact) mass is 332 g/mol. The van der Waals surface area contributed by atoms with Gasteiger partial charge in [0.15, 0.2) is 5.75 Å². The first-order valence-corrected chi connectivity index (χ1v) is 6.39. The quantitative estimate of drug-likeness (QED) is 0.491. The van der Waals surface area contributed by atoms with E-state index < -0.39 is 4.92 Å². The fraction of sp³-hybridized carbons (Fsp3) is 0. The molecule has 0 spiro atoms. The van der Waals surface area contributed by atoms with Crippen LogP contribution < -0.4 is 10.5 Å². The highest BCUT2D eigenvalue weighted by atomic mass is 35.5. The zero-order chi connectivity index (χ0) is 14.9. The molecule has 0 atom stereocenters. The molecule has 104 valence electrons. The van der Waals surface area contributed by atoms with Gasteiger partial charge in [0.1, 0.15) is 16.5 Å². The predicted octanol–water partition coefficient (Wildman–Crippen LogP) is 4.93. The molecule has 0 unspecified atom stereocenters. The maximum Gasteiger partial charge on any atom is 0.295 e. The van der Waals surface area contributed by atoms with Crippen molar-refractivity contribution in [2.24, 2.45) is 0 Å². The van der Waals surface area contributed by atoms with E-state index in [9.17, 15) is 10.1 Å². The average Bonchev–Trinajstić information content (AvgIpc) is 2.37. The van der Waals surface area contributed by atoms with Gasteiger partial charge in [0, 0.05) is 0 Å². The Morgan fingerprint density at radius 2 is 1.80 bits per heavy atom. The summed E-state index contributed by atoms with van der Waals surface area (Å²) >= 11 is 17.8. The third-order valence-corrected chi connectivity index (χ3v) is 3.51. The van der Waals surface area contributed by atoms with Crippen molar-refractivity contribution in [1.82, 2.24) is 0 Å². The zero-order valence-electron chi connectivity index (χ0n) is 9.77. The number of ether oxygens (including phenoxy) is 1. The number of hydrogen-bond acceptors (Lipinski definition) is 4. The van der Waals surface area contributed by atoms with E-state index >= 15 is 0 Å². The summed E-state index contributed by atoms with van der Waals surface area (Å²) < 4.78 is 5.46. The van der Waals surface area contributed by atoms with Crippen LogP contribution >= 0.6 is 34.8 Å². The van der Waals surface area contributed by atoms with E-state index in [1.54, 1.807) is 18.2 Å². The Kier molecular flexibility index (Phi) is 4.23. The molecule has 0 aromatic heterocycles. The summed E-state index contributed by atoms with van der Waals surface area (Å²) in [4.78, 5) is 10.2. The fourth-order valence-corrected chi connectivity index (χ4v) is 2.02. The lowest BCUT2D eigenvalue weighted by Gasteiger charge is -2.10. The Hall–Kier alpha value is -1.69. The van der Waals surface area contributed by atoms with E-state index in [0.717, 1.165) is 6.07 Å². The summed E-state index contributed by atoms with van der Waals surface area (Å²) in [6.45, 7) is 0. The highest BCUT2D eigenvalue weighted by Crippen LogP contribution is 2.40. The second-order valence-electron chi connectivity index (χ2n) is 3.75. The van der Waals surface area contributed by atoms with Crippen molar-refractivity contribution >= 4 is 46.2 Å². The lowest BCUT2D eigenvalue weighted by Crippen LogP contribution is -1.97. The summed E-state index contributed by atoms with van der Waals surface area (Å²) in [5.41, 5.74) is 5.16. The van der Waals surface area contributed by atoms with Crippen molar-refractivity contribution in [3.8, 4) is 11.5 Å². The predicted molar refractivity (Wildman–Crippen MR) is 79.1 cm³/mol. The van der Waals surface area contributed by atoms with Crippen LogP contribution in [0, 0.1) is 10.1 Å². The molecule has 0 aliphatic rings. The first-order valence-electron chi connectivity index (χ1n) is 5.25. The third kappa shape index (κ3) is 2.90. The minimum Gasteiger partial charge on any atom is -0.454 e. The van der Waals surface area contributed by atoms with Crippen molar-refractivity contribution in [2.45, 2.75) is 0 Å². The smallest absolute Gasteiger partial charge is 0.295 e. The Labute approximate surface area is 129 Å². The summed E-state index contributed by atoms with van der Waals surface area (Å²) in [6, 6.07) is 7.15. The second kappa shape index (κ2) is 5.75. The minimum atomic E-state index is -0.627. The van der Waals surface area contributed by atoms with E-state index in [2.05, 4.69) is 0 Å². The topological polar surface area (TPSA) is 78.4 Å². The maximum atomic E-state index is 10.8. The van der Waals surface area contributed by atoms with Crippen molar-refractivity contribution in [3.63, 3.8) is 0 Å². The van der Waals surface area contributed by atoms with Crippen LogP contribution in [0.2, 0.25) is 15.1 Å². The molecule has 8 heteroatoms. The van der Waals surface area contributed by atoms with Gasteiger partial charge in [-0.05, 0) is 18.2 Å². The highest BCUT2D eigenvalue weighted by molar-refractivity contribution is 6.43. The molecule has 0 saturated carbocycles. The summed E-state index contributed by atoms with van der Waals surface area (Å²) in [7, 11) is 0. The Morgan fingerprint density at radius 3 is 2.45 bits per heavy atom. The molecule has 0 radical (unpaired) electrons. The minimum absolute atomic E-state index is 0.0514. The molecule has 2 N–H and O–H groups in total. The normalized spacial score (nSPS) is 10.3. The molecule has 2 aromatic carbocycles. The second-order valence-corrected chi connectivity index (χ2v) is 4.94. The molecule has 0 amide bonds. The number of benzene rings is 2. The van der Waals surface area contributed by atoms with Crippen LogP contribution in [0.1, 0.15) is 0 Å². The molecule has 0 fully saturated rings. The van der Waals surface area contributed by atoms with Gasteiger partial charge in [0.25, 0.3) is 5.69 Å². The van der Waals surface area contributed by atoms with E-state index in [-0.39, 0.29) is 32.9 Å². The van der Waals surface area contributed by atoms with Crippen LogP contribution in [0.15, 0.2) is 30.3 Å². The largest absolute Gasteiger partial charge is 0.454 e. The number of nitrogen functional groups attached to an aromatic ring is 1. The number of nitrogens with two attached hydrogens (primary N) is 1. The van der Waals surface area contributed by atoms with Crippen molar-refractivity contribution in [2.75, 3.05) is 5.73 Å². The van der Waals surface area contributed by atoms with E-state index in [1.807, 2.05) is 0 Å². The molecule has 0 aliphatic heterocycles. The van der Waals surface area contributed by atoms with Gasteiger partial charge in [-0.15, -0.1) is 0 Å². The molecular formula is C12H7Cl3N2O3. The van der Waals surface area contributed by atoms with Gasteiger partial charge >= 0.3 is 0 Å². The molecule has 20 heavy (non-hydrogen) atoms. The average molecular weight is 334 g/mol. The van der Waals surface area contributed by atoms with Crippen molar-refractivity contribution < 1.29 is 9.66 Å². The molecular weight excluding hydrogens is 327 g/mol. The fourth-order valence-electron chi connectivity index (χ4n) is 1.48. The number of hydrogen-bond donors (Lipinski definition) is 1. The number of nitro benzene ring substituents is 1. The molecule has 0 heterocycles. The summed E-state index contributed by atoms with van der Waals surface area (Å²) in [5, 5.41) is 11.4. The number of rotatable bonds is 3. The zero-order valence-corrected chi connectivity index (χ0v) is 12.0. The number of halogens is 3. The SMILES string of the molecule is Nc1cc(Cl)c(Oc2cccc(Cl)c2Cl)cc1[N+](=O)[O-]. The van der Waals surface area contributed by atoms with Gasteiger partial charge < -0.3 is 10.5 Å². The molecule has 0 aliphatic carbocycles. The van der Waals surface area contributed by atoms with Crippen LogP contribution in [0.25, 0.3) is 0 Å². The van der Waals surface area contributed by atoms with Gasteiger partial charge in [-0.3, -0.25) is 10.1 Å². The first kappa shape index (κ1) is 14.7. The van der Waals surface area contributed by atoms with Crippen molar-refractivity contribution in [3.05, 3.63) is 55.5 Å². The first-order chi connectivity index (χ1) is 9.40. The lowest BCUT2D eigenvalue weighted by atomic mass is 10.2. The third-order valence-electron chi connectivity index (χ3n) is 2.41. The van der Waals surface area contributed by atoms with Gasteiger partial charge in [0.05, 0.1) is 21.0 Å². The van der Waals surface area contributed by atoms with Crippen LogP contribution in [-0.2, 0) is 0 Å². The highest BCUT2D eigenvalue weighted by Gasteiger charge is 2.18. The molecule has 2 rings (SSSR count). The molecule has 2 aromatic rings. The van der Waals surface area contributed by atoms with Gasteiger partial charge in [-0.1, -0.05) is 40.9 Å². The van der Waals surface area contributed by atoms with Gasteiger partial charge in [-0.2, -0.15) is 0 Å². The number of anilines is 1. The van der Waals surface area contributed by atoms with Gasteiger partial charge in [-0.25, -0.2) is 0 Å². The van der Waals surface area contributed by atoms with Crippen LogP contribution in [-0.4, -0.2) is 4.92 Å². The Balaban J connectivity index is 2.46. The van der Waals surface area contributed by atoms with Crippen LogP contribution in [0.3, 0.4) is 0 Å². The summed E-state index contributed by atoms with van der Waals surface area (Å²) in [5.74, 6) is 0.303. The Bertz CT molecular complexity index is 692. The lowest BCUT2D eigenvalue weighted by molar-refractivity contribution is -0.383. The number of nitrogens with zero attached hydrogens (tertiary/aromatic N) is 1. The summed E-state index contributed by atoms with van der Waals surface area (Å²) in [6.07, 6.45) is 0. The van der Waals surface area contributed by atoms with E-state index in [0.29, 0.717) is 5.02 Å². The Morgan fingerprint density at radius 1 is 1.10 bits per heavy atom. The van der Waals surface area contributed by atoms with Gasteiger partial charge in [0.2, 0.25) is 0 Å². The molecule has 0 saturated heterocycles. The van der Waals surface area contributed by atoms with Crippen LogP contribution in [0.4, 0.5) is 11.4 Å². The van der Waals surface area contributed by atoms with Crippen LogP contribution in [0.5, 0.6) is 11.5 Å². The molecule has 0 bridgehead atoms. The van der Waals surface area contributed by atoms with Crippen molar-refractivity contribution in [1.29, 1.82) is 0 Å². The number of nitro groups is 1.